The van der Waals surface area contributed by atoms with Crippen molar-refractivity contribution in [1.29, 1.82) is 0 Å². The lowest BCUT2D eigenvalue weighted by atomic mass is 10.2. The first-order valence-corrected chi connectivity index (χ1v) is 6.24. The lowest BCUT2D eigenvalue weighted by Gasteiger charge is -2.19. The van der Waals surface area contributed by atoms with Crippen LogP contribution in [0.2, 0.25) is 5.15 Å². The van der Waals surface area contributed by atoms with Crippen molar-refractivity contribution in [2.24, 2.45) is 0 Å². The molecule has 0 saturated heterocycles. The lowest BCUT2D eigenvalue weighted by molar-refractivity contribution is 0.00617. The van der Waals surface area contributed by atoms with Gasteiger partial charge in [-0.25, -0.2) is 14.8 Å². The molecular weight excluding hydrogens is 248 g/mol. The highest BCUT2D eigenvalue weighted by Gasteiger charge is 2.20. The quantitative estimate of drug-likeness (QED) is 0.354. The number of ether oxygens (including phenoxy) is 1. The molecule has 6 heteroatoms. The summed E-state index contributed by atoms with van der Waals surface area (Å²) in [4.78, 5) is 19.7. The molecule has 1 aromatic rings. The van der Waals surface area contributed by atoms with Crippen molar-refractivity contribution in [2.75, 3.05) is 6.26 Å². The van der Waals surface area contributed by atoms with Gasteiger partial charge in [-0.15, -0.1) is 0 Å². The number of esters is 1. The topological polar surface area (TPSA) is 52.1 Å². The standard InChI is InChI=1S/C10H13ClN2O2S/c1-10(2,3)15-8(14)6-5-7(11)13-9(12-6)16-4/h5H,1-4H3. The Morgan fingerprint density at radius 3 is 2.56 bits per heavy atom. The molecule has 0 aliphatic rings. The summed E-state index contributed by atoms with van der Waals surface area (Å²) >= 11 is 7.09. The third-order valence-corrected chi connectivity index (χ3v) is 2.21. The van der Waals surface area contributed by atoms with Gasteiger partial charge in [-0.2, -0.15) is 0 Å². The van der Waals surface area contributed by atoms with E-state index in [9.17, 15) is 4.79 Å². The third kappa shape index (κ3) is 3.98. The van der Waals surface area contributed by atoms with Crippen LogP contribution in [0.25, 0.3) is 0 Å². The van der Waals surface area contributed by atoms with E-state index >= 15 is 0 Å². The fraction of sp³-hybridized carbons (Fsp3) is 0.500. The molecule has 0 fully saturated rings. The highest BCUT2D eigenvalue weighted by atomic mass is 35.5. The van der Waals surface area contributed by atoms with Crippen molar-refractivity contribution in [1.82, 2.24) is 9.97 Å². The van der Waals surface area contributed by atoms with E-state index in [1.165, 1.54) is 17.8 Å². The zero-order chi connectivity index (χ0) is 12.3. The smallest absolute Gasteiger partial charge is 0.357 e. The van der Waals surface area contributed by atoms with Gasteiger partial charge >= 0.3 is 5.97 Å². The Morgan fingerprint density at radius 2 is 2.06 bits per heavy atom. The van der Waals surface area contributed by atoms with Gasteiger partial charge in [0, 0.05) is 6.07 Å². The summed E-state index contributed by atoms with van der Waals surface area (Å²) in [5.41, 5.74) is -0.368. The van der Waals surface area contributed by atoms with Gasteiger partial charge in [0.2, 0.25) is 0 Å². The van der Waals surface area contributed by atoms with Gasteiger partial charge < -0.3 is 4.74 Å². The van der Waals surface area contributed by atoms with Crippen LogP contribution in [0, 0.1) is 0 Å². The van der Waals surface area contributed by atoms with Crippen LogP contribution in [0.1, 0.15) is 31.3 Å². The van der Waals surface area contributed by atoms with Gasteiger partial charge in [0.25, 0.3) is 0 Å². The van der Waals surface area contributed by atoms with Crippen LogP contribution in [0.5, 0.6) is 0 Å². The molecule has 0 aliphatic heterocycles. The molecular formula is C10H13ClN2O2S. The minimum Gasteiger partial charge on any atom is -0.455 e. The van der Waals surface area contributed by atoms with E-state index in [2.05, 4.69) is 9.97 Å². The molecule has 88 valence electrons. The number of nitrogens with zero attached hydrogens (tertiary/aromatic N) is 2. The van der Waals surface area contributed by atoms with Crippen molar-refractivity contribution in [3.8, 4) is 0 Å². The van der Waals surface area contributed by atoms with Gasteiger partial charge in [-0.1, -0.05) is 23.4 Å². The summed E-state index contributed by atoms with van der Waals surface area (Å²) in [6.45, 7) is 5.38. The maximum atomic E-state index is 11.7. The fourth-order valence-corrected chi connectivity index (χ4v) is 1.54. The van der Waals surface area contributed by atoms with Crippen molar-refractivity contribution < 1.29 is 9.53 Å². The van der Waals surface area contributed by atoms with Gasteiger partial charge in [0.1, 0.15) is 10.8 Å². The highest BCUT2D eigenvalue weighted by Crippen LogP contribution is 2.17. The molecule has 16 heavy (non-hydrogen) atoms. The normalized spacial score (nSPS) is 11.3. The number of rotatable bonds is 2. The van der Waals surface area contributed by atoms with E-state index in [4.69, 9.17) is 16.3 Å². The summed E-state index contributed by atoms with van der Waals surface area (Å²) in [7, 11) is 0. The van der Waals surface area contributed by atoms with Crippen LogP contribution in [0.15, 0.2) is 11.2 Å². The van der Waals surface area contributed by atoms with E-state index < -0.39 is 11.6 Å². The average molecular weight is 261 g/mol. The van der Waals surface area contributed by atoms with E-state index in [1.807, 2.05) is 6.26 Å². The van der Waals surface area contributed by atoms with E-state index in [-0.39, 0.29) is 10.8 Å². The molecule has 0 radical (unpaired) electrons. The Bertz CT molecular complexity index is 404. The van der Waals surface area contributed by atoms with E-state index in [1.54, 1.807) is 20.8 Å². The Kier molecular flexibility index (Phi) is 4.15. The lowest BCUT2D eigenvalue weighted by Crippen LogP contribution is -2.24. The fourth-order valence-electron chi connectivity index (χ4n) is 0.923. The summed E-state index contributed by atoms with van der Waals surface area (Å²) < 4.78 is 5.18. The molecule has 0 amide bonds. The molecule has 0 unspecified atom stereocenters. The molecule has 0 aliphatic carbocycles. The second-order valence-corrected chi connectivity index (χ2v) is 5.23. The first-order valence-electron chi connectivity index (χ1n) is 4.64. The SMILES string of the molecule is CSc1nc(Cl)cc(C(=O)OC(C)(C)C)n1. The maximum Gasteiger partial charge on any atom is 0.357 e. The highest BCUT2D eigenvalue weighted by molar-refractivity contribution is 7.98. The molecule has 0 N–H and O–H groups in total. The number of carbonyl (C=O) groups is 1. The summed E-state index contributed by atoms with van der Waals surface area (Å²) in [5, 5.41) is 0.688. The molecule has 0 atom stereocenters. The van der Waals surface area contributed by atoms with Crippen molar-refractivity contribution in [2.45, 2.75) is 31.5 Å². The second kappa shape index (κ2) is 5.01. The first-order chi connectivity index (χ1) is 7.31. The number of aromatic nitrogens is 2. The largest absolute Gasteiger partial charge is 0.455 e. The zero-order valence-corrected chi connectivity index (χ0v) is 11.1. The van der Waals surface area contributed by atoms with Crippen LogP contribution in [0.4, 0.5) is 0 Å². The minimum absolute atomic E-state index is 0.180. The Labute approximate surface area is 104 Å². The van der Waals surface area contributed by atoms with E-state index in [0.717, 1.165) is 0 Å². The monoisotopic (exact) mass is 260 g/mol. The van der Waals surface area contributed by atoms with Crippen LogP contribution >= 0.6 is 23.4 Å². The van der Waals surface area contributed by atoms with Crippen molar-refractivity contribution >= 4 is 29.3 Å². The molecule has 1 aromatic heterocycles. The second-order valence-electron chi connectivity index (χ2n) is 4.06. The predicted molar refractivity (Wildman–Crippen MR) is 64.0 cm³/mol. The van der Waals surface area contributed by atoms with Crippen LogP contribution in [-0.4, -0.2) is 27.8 Å². The first kappa shape index (κ1) is 13.3. The van der Waals surface area contributed by atoms with Crippen molar-refractivity contribution in [3.05, 3.63) is 16.9 Å². The Balaban J connectivity index is 2.95. The zero-order valence-electron chi connectivity index (χ0n) is 9.57. The third-order valence-electron chi connectivity index (χ3n) is 1.46. The molecule has 0 saturated carbocycles. The molecule has 0 spiro atoms. The molecule has 1 rings (SSSR count). The Hall–Kier alpha value is -0.810. The number of thioether (sulfide) groups is 1. The van der Waals surface area contributed by atoms with Gasteiger partial charge in [0.15, 0.2) is 10.9 Å². The minimum atomic E-state index is -0.548. The summed E-state index contributed by atoms with van der Waals surface area (Å²) in [5.74, 6) is -0.493. The number of hydrogen-bond donors (Lipinski definition) is 0. The predicted octanol–water partition coefficient (Wildman–Crippen LogP) is 2.81. The number of halogens is 1. The number of carbonyl (C=O) groups excluding carboxylic acids is 1. The Morgan fingerprint density at radius 1 is 1.44 bits per heavy atom. The van der Waals surface area contributed by atoms with Gasteiger partial charge in [-0.3, -0.25) is 0 Å². The summed E-state index contributed by atoms with van der Waals surface area (Å²) in [6.07, 6.45) is 1.81. The average Bonchev–Trinajstić information content (AvgIpc) is 2.14. The molecule has 4 nitrogen and oxygen atoms in total. The maximum absolute atomic E-state index is 11.7. The van der Waals surface area contributed by atoms with Gasteiger partial charge in [-0.05, 0) is 27.0 Å². The van der Waals surface area contributed by atoms with E-state index in [0.29, 0.717) is 5.16 Å². The van der Waals surface area contributed by atoms with Gasteiger partial charge in [0.05, 0.1) is 0 Å². The van der Waals surface area contributed by atoms with Crippen LogP contribution in [-0.2, 0) is 4.74 Å². The van der Waals surface area contributed by atoms with Crippen LogP contribution < -0.4 is 0 Å². The summed E-state index contributed by atoms with van der Waals surface area (Å²) in [6, 6.07) is 1.40. The molecule has 0 aromatic carbocycles. The molecule has 0 bridgehead atoms. The number of hydrogen-bond acceptors (Lipinski definition) is 5. The molecule has 1 heterocycles. The van der Waals surface area contributed by atoms with Crippen molar-refractivity contribution in [3.63, 3.8) is 0 Å². The van der Waals surface area contributed by atoms with Crippen LogP contribution in [0.3, 0.4) is 0 Å².